The number of ketones is 1. The summed E-state index contributed by atoms with van der Waals surface area (Å²) in [4.78, 5) is 12.1. The average molecular weight is 238 g/mol. The van der Waals surface area contributed by atoms with Crippen LogP contribution in [0.5, 0.6) is 0 Å². The monoisotopic (exact) mass is 238 g/mol. The van der Waals surface area contributed by atoms with Crippen LogP contribution in [0.15, 0.2) is 29.2 Å². The maximum absolute atomic E-state index is 11.8. The molecule has 1 aliphatic rings. The van der Waals surface area contributed by atoms with Crippen LogP contribution in [0.2, 0.25) is 0 Å². The van der Waals surface area contributed by atoms with Crippen molar-refractivity contribution in [3.8, 4) is 0 Å². The maximum atomic E-state index is 11.8. The highest BCUT2D eigenvalue weighted by atomic mass is 32.2. The van der Waals surface area contributed by atoms with Crippen molar-refractivity contribution >= 4 is 15.6 Å². The van der Waals surface area contributed by atoms with Gasteiger partial charge in [0.25, 0.3) is 0 Å². The van der Waals surface area contributed by atoms with E-state index in [9.17, 15) is 13.2 Å². The van der Waals surface area contributed by atoms with Crippen LogP contribution in [0.3, 0.4) is 0 Å². The second-order valence-corrected chi connectivity index (χ2v) is 6.30. The Hall–Kier alpha value is -1.16. The molecule has 1 aromatic rings. The van der Waals surface area contributed by atoms with Crippen LogP contribution in [-0.4, -0.2) is 20.5 Å². The number of carbonyl (C=O) groups is 1. The highest BCUT2D eigenvalue weighted by Gasteiger charge is 2.26. The van der Waals surface area contributed by atoms with Gasteiger partial charge in [-0.1, -0.05) is 18.6 Å². The predicted molar refractivity (Wildman–Crippen MR) is 61.2 cm³/mol. The summed E-state index contributed by atoms with van der Waals surface area (Å²) in [5.41, 5.74) is 0.622. The van der Waals surface area contributed by atoms with Crippen molar-refractivity contribution in [3.05, 3.63) is 29.8 Å². The third-order valence-electron chi connectivity index (χ3n) is 3.04. The van der Waals surface area contributed by atoms with Gasteiger partial charge >= 0.3 is 0 Å². The number of rotatable bonds is 3. The summed E-state index contributed by atoms with van der Waals surface area (Å²) >= 11 is 0. The molecule has 1 fully saturated rings. The van der Waals surface area contributed by atoms with Gasteiger partial charge in [-0.25, -0.2) is 8.42 Å². The van der Waals surface area contributed by atoms with Gasteiger partial charge in [0.15, 0.2) is 15.6 Å². The van der Waals surface area contributed by atoms with Crippen LogP contribution in [0, 0.1) is 5.92 Å². The molecule has 4 heteroatoms. The van der Waals surface area contributed by atoms with E-state index in [1.807, 2.05) is 0 Å². The van der Waals surface area contributed by atoms with Crippen molar-refractivity contribution in [2.24, 2.45) is 5.92 Å². The van der Waals surface area contributed by atoms with Crippen molar-refractivity contribution < 1.29 is 13.2 Å². The Morgan fingerprint density at radius 3 is 2.12 bits per heavy atom. The summed E-state index contributed by atoms with van der Waals surface area (Å²) in [5.74, 6) is 0.301. The zero-order chi connectivity index (χ0) is 11.8. The number of hydrogen-bond donors (Lipinski definition) is 0. The SMILES string of the molecule is CS(=O)(=O)c1ccc(C(=O)C2CCC2)cc1. The number of carbonyl (C=O) groups excluding carboxylic acids is 1. The van der Waals surface area contributed by atoms with Crippen molar-refractivity contribution in [1.82, 2.24) is 0 Å². The first-order valence-corrected chi connectivity index (χ1v) is 7.22. The topological polar surface area (TPSA) is 51.2 Å². The number of Topliss-reactive ketones (excluding diaryl/α,β-unsaturated/α-hetero) is 1. The highest BCUT2D eigenvalue weighted by molar-refractivity contribution is 7.90. The van der Waals surface area contributed by atoms with Gasteiger partial charge in [0.05, 0.1) is 4.90 Å². The maximum Gasteiger partial charge on any atom is 0.175 e. The Balaban J connectivity index is 2.22. The van der Waals surface area contributed by atoms with Crippen molar-refractivity contribution in [3.63, 3.8) is 0 Å². The summed E-state index contributed by atoms with van der Waals surface area (Å²) in [6, 6.07) is 6.22. The summed E-state index contributed by atoms with van der Waals surface area (Å²) in [6.45, 7) is 0. The third kappa shape index (κ3) is 2.16. The minimum Gasteiger partial charge on any atom is -0.294 e. The lowest BCUT2D eigenvalue weighted by molar-refractivity contribution is 0.0855. The summed E-state index contributed by atoms with van der Waals surface area (Å²) in [5, 5.41) is 0. The van der Waals surface area contributed by atoms with Gasteiger partial charge in [0.2, 0.25) is 0 Å². The first-order valence-electron chi connectivity index (χ1n) is 5.33. The number of sulfone groups is 1. The molecule has 3 nitrogen and oxygen atoms in total. The molecule has 1 saturated carbocycles. The number of benzene rings is 1. The van der Waals surface area contributed by atoms with Crippen LogP contribution in [0.4, 0.5) is 0 Å². The van der Waals surface area contributed by atoms with Crippen LogP contribution in [0.25, 0.3) is 0 Å². The van der Waals surface area contributed by atoms with Crippen LogP contribution in [0.1, 0.15) is 29.6 Å². The zero-order valence-corrected chi connectivity index (χ0v) is 9.96. The molecule has 16 heavy (non-hydrogen) atoms. The van der Waals surface area contributed by atoms with Crippen LogP contribution < -0.4 is 0 Å². The van der Waals surface area contributed by atoms with Gasteiger partial charge in [-0.3, -0.25) is 4.79 Å². The molecule has 1 aliphatic carbocycles. The third-order valence-corrected chi connectivity index (χ3v) is 4.17. The van der Waals surface area contributed by atoms with Gasteiger partial charge in [0, 0.05) is 17.7 Å². The fraction of sp³-hybridized carbons (Fsp3) is 0.417. The van der Waals surface area contributed by atoms with E-state index in [2.05, 4.69) is 0 Å². The molecule has 0 aliphatic heterocycles. The molecule has 86 valence electrons. The van der Waals surface area contributed by atoms with Gasteiger partial charge in [-0.05, 0) is 25.0 Å². The van der Waals surface area contributed by atoms with Gasteiger partial charge in [-0.2, -0.15) is 0 Å². The molecule has 2 rings (SSSR count). The molecule has 1 aromatic carbocycles. The first kappa shape index (κ1) is 11.3. The quantitative estimate of drug-likeness (QED) is 0.757. The fourth-order valence-corrected chi connectivity index (χ4v) is 2.40. The van der Waals surface area contributed by atoms with Crippen molar-refractivity contribution in [2.75, 3.05) is 6.26 Å². The lowest BCUT2D eigenvalue weighted by atomic mass is 9.80. The lowest BCUT2D eigenvalue weighted by Crippen LogP contribution is -2.21. The molecule has 0 radical (unpaired) electrons. The summed E-state index contributed by atoms with van der Waals surface area (Å²) in [6.07, 6.45) is 4.22. The van der Waals surface area contributed by atoms with E-state index in [0.29, 0.717) is 5.56 Å². The van der Waals surface area contributed by atoms with Crippen molar-refractivity contribution in [1.29, 1.82) is 0 Å². The highest BCUT2D eigenvalue weighted by Crippen LogP contribution is 2.29. The molecule has 0 saturated heterocycles. The minimum atomic E-state index is -3.17. The zero-order valence-electron chi connectivity index (χ0n) is 9.14. The first-order chi connectivity index (χ1) is 7.48. The molecule has 0 heterocycles. The predicted octanol–water partition coefficient (Wildman–Crippen LogP) is 2.07. The Kier molecular flexibility index (Phi) is 2.84. The van der Waals surface area contributed by atoms with E-state index in [0.717, 1.165) is 25.5 Å². The Morgan fingerprint density at radius 2 is 1.75 bits per heavy atom. The molecule has 0 bridgehead atoms. The Bertz CT molecular complexity index is 496. The van der Waals surface area contributed by atoms with Crippen molar-refractivity contribution in [2.45, 2.75) is 24.2 Å². The molecular formula is C12H14O3S. The normalized spacial score (nSPS) is 16.8. The molecule has 0 amide bonds. The van der Waals surface area contributed by atoms with E-state index in [-0.39, 0.29) is 16.6 Å². The largest absolute Gasteiger partial charge is 0.294 e. The Morgan fingerprint density at radius 1 is 1.19 bits per heavy atom. The second kappa shape index (κ2) is 4.01. The van der Waals surface area contributed by atoms with E-state index in [1.54, 1.807) is 12.1 Å². The molecular weight excluding hydrogens is 224 g/mol. The standard InChI is InChI=1S/C12H14O3S/c1-16(14,15)11-7-5-10(6-8-11)12(13)9-3-2-4-9/h5-9H,2-4H2,1H3. The van der Waals surface area contributed by atoms with Gasteiger partial charge in [0.1, 0.15) is 0 Å². The van der Waals surface area contributed by atoms with Gasteiger partial charge < -0.3 is 0 Å². The molecule has 0 atom stereocenters. The molecule has 0 spiro atoms. The van der Waals surface area contributed by atoms with E-state index >= 15 is 0 Å². The summed E-state index contributed by atoms with van der Waals surface area (Å²) in [7, 11) is -3.17. The van der Waals surface area contributed by atoms with E-state index in [1.165, 1.54) is 12.1 Å². The van der Waals surface area contributed by atoms with Crippen LogP contribution in [-0.2, 0) is 9.84 Å². The second-order valence-electron chi connectivity index (χ2n) is 4.29. The fourth-order valence-electron chi connectivity index (χ4n) is 1.77. The summed E-state index contributed by atoms with van der Waals surface area (Å²) < 4.78 is 22.5. The lowest BCUT2D eigenvalue weighted by Gasteiger charge is -2.23. The smallest absolute Gasteiger partial charge is 0.175 e. The molecule has 0 aromatic heterocycles. The van der Waals surface area contributed by atoms with Crippen LogP contribution >= 0.6 is 0 Å². The van der Waals surface area contributed by atoms with E-state index in [4.69, 9.17) is 0 Å². The number of hydrogen-bond acceptors (Lipinski definition) is 3. The Labute approximate surface area is 95.4 Å². The molecule has 0 unspecified atom stereocenters. The minimum absolute atomic E-state index is 0.145. The van der Waals surface area contributed by atoms with Gasteiger partial charge in [-0.15, -0.1) is 0 Å². The molecule has 0 N–H and O–H groups in total. The van der Waals surface area contributed by atoms with E-state index < -0.39 is 9.84 Å². The average Bonchev–Trinajstić information content (AvgIpc) is 2.14.